The molecule has 1 aromatic rings. The highest BCUT2D eigenvalue weighted by atomic mass is 15.3. The highest BCUT2D eigenvalue weighted by Crippen LogP contribution is 2.29. The molecule has 2 aliphatic heterocycles. The van der Waals surface area contributed by atoms with Gasteiger partial charge in [0.1, 0.15) is 0 Å². The minimum atomic E-state index is 0. The first kappa shape index (κ1) is 10.0. The first-order chi connectivity index (χ1) is 7.88. The highest BCUT2D eigenvalue weighted by molar-refractivity contribution is 5.35. The Kier molecular flexibility index (Phi) is 2.52. The van der Waals surface area contributed by atoms with E-state index < -0.39 is 0 Å². The van der Waals surface area contributed by atoms with Gasteiger partial charge in [-0.25, -0.2) is 9.97 Å². The lowest BCUT2D eigenvalue weighted by atomic mass is 10.1. The van der Waals surface area contributed by atoms with Crippen molar-refractivity contribution < 1.29 is 1.43 Å². The normalized spacial score (nSPS) is 28.4. The van der Waals surface area contributed by atoms with E-state index in [1.54, 1.807) is 0 Å². The molecule has 0 amide bonds. The molecule has 4 nitrogen and oxygen atoms in total. The number of aryl methyl sites for hydroxylation is 1. The van der Waals surface area contributed by atoms with Crippen molar-refractivity contribution in [2.75, 3.05) is 24.5 Å². The van der Waals surface area contributed by atoms with Crippen LogP contribution in [0.25, 0.3) is 0 Å². The molecular formula is C12H20N4. The molecule has 0 saturated carbocycles. The minimum absolute atomic E-state index is 0. The van der Waals surface area contributed by atoms with Crippen LogP contribution in [0.4, 0.5) is 5.95 Å². The van der Waals surface area contributed by atoms with Crippen LogP contribution in [0.5, 0.6) is 0 Å². The Morgan fingerprint density at radius 3 is 3.38 bits per heavy atom. The lowest BCUT2D eigenvalue weighted by Gasteiger charge is -2.23. The number of aromatic nitrogens is 2. The number of hydrogen-bond acceptors (Lipinski definition) is 4. The van der Waals surface area contributed by atoms with Crippen molar-refractivity contribution in [3.8, 4) is 0 Å². The quantitative estimate of drug-likeness (QED) is 0.810. The summed E-state index contributed by atoms with van der Waals surface area (Å²) < 4.78 is 0. The molecule has 16 heavy (non-hydrogen) atoms. The van der Waals surface area contributed by atoms with Gasteiger partial charge in [0.2, 0.25) is 5.95 Å². The Hall–Kier alpha value is -1.16. The van der Waals surface area contributed by atoms with Crippen LogP contribution in [0.3, 0.4) is 0 Å². The number of anilines is 1. The molecule has 2 atom stereocenters. The Labute approximate surface area is 97.6 Å². The van der Waals surface area contributed by atoms with E-state index in [0.29, 0.717) is 6.04 Å². The molecule has 2 aliphatic rings. The molecule has 0 unspecified atom stereocenters. The number of nitrogens with zero attached hydrogens (tertiary/aromatic N) is 3. The van der Waals surface area contributed by atoms with Gasteiger partial charge < -0.3 is 10.2 Å². The summed E-state index contributed by atoms with van der Waals surface area (Å²) in [7, 11) is 0. The molecule has 0 spiro atoms. The second-order valence-corrected chi connectivity index (χ2v) is 4.67. The van der Waals surface area contributed by atoms with Gasteiger partial charge in [0.25, 0.3) is 0 Å². The van der Waals surface area contributed by atoms with Gasteiger partial charge in [-0.2, -0.15) is 0 Å². The summed E-state index contributed by atoms with van der Waals surface area (Å²) in [6, 6.07) is 2.62. The van der Waals surface area contributed by atoms with Crippen LogP contribution in [0.1, 0.15) is 20.5 Å². The van der Waals surface area contributed by atoms with Crippen LogP contribution in [0, 0.1) is 5.92 Å². The summed E-state index contributed by atoms with van der Waals surface area (Å²) in [5.74, 6) is 1.73. The Morgan fingerprint density at radius 1 is 1.56 bits per heavy atom. The molecule has 0 radical (unpaired) electrons. The van der Waals surface area contributed by atoms with Gasteiger partial charge in [0.15, 0.2) is 0 Å². The molecule has 2 saturated heterocycles. The monoisotopic (exact) mass is 220 g/mol. The van der Waals surface area contributed by atoms with Crippen LogP contribution < -0.4 is 10.2 Å². The first-order valence-electron chi connectivity index (χ1n) is 6.17. The van der Waals surface area contributed by atoms with E-state index in [2.05, 4.69) is 27.1 Å². The summed E-state index contributed by atoms with van der Waals surface area (Å²) in [4.78, 5) is 11.4. The molecule has 0 aliphatic carbocycles. The average molecular weight is 220 g/mol. The Morgan fingerprint density at radius 2 is 2.50 bits per heavy atom. The van der Waals surface area contributed by atoms with Gasteiger partial charge in [-0.3, -0.25) is 0 Å². The maximum Gasteiger partial charge on any atom is 0.225 e. The lowest BCUT2D eigenvalue weighted by molar-refractivity contribution is 0.575. The van der Waals surface area contributed by atoms with Crippen LogP contribution in [0.2, 0.25) is 0 Å². The van der Waals surface area contributed by atoms with Crippen molar-refractivity contribution in [3.05, 3.63) is 18.0 Å². The molecule has 4 heteroatoms. The summed E-state index contributed by atoms with van der Waals surface area (Å²) in [5.41, 5.74) is 1.14. The fraction of sp³-hybridized carbons (Fsp3) is 0.667. The van der Waals surface area contributed by atoms with Gasteiger partial charge in [0, 0.05) is 39.0 Å². The number of hydrogen-bond donors (Lipinski definition) is 1. The smallest absolute Gasteiger partial charge is 0.225 e. The maximum atomic E-state index is 4.62. The molecule has 1 aromatic heterocycles. The predicted octanol–water partition coefficient (Wildman–Crippen LogP) is 1.08. The zero-order valence-corrected chi connectivity index (χ0v) is 9.69. The summed E-state index contributed by atoms with van der Waals surface area (Å²) in [5, 5.41) is 3.46. The van der Waals surface area contributed by atoms with E-state index in [1.807, 2.05) is 12.3 Å². The highest BCUT2D eigenvalue weighted by Gasteiger charge is 2.38. The van der Waals surface area contributed by atoms with Crippen LogP contribution >= 0.6 is 0 Å². The average Bonchev–Trinajstić information content (AvgIpc) is 2.90. The van der Waals surface area contributed by atoms with Gasteiger partial charge in [-0.1, -0.05) is 6.92 Å². The Balaban J connectivity index is 0.00000108. The van der Waals surface area contributed by atoms with E-state index in [-0.39, 0.29) is 1.43 Å². The van der Waals surface area contributed by atoms with Gasteiger partial charge in [-0.15, -0.1) is 0 Å². The lowest BCUT2D eigenvalue weighted by Crippen LogP contribution is -2.35. The topological polar surface area (TPSA) is 41.1 Å². The number of nitrogens with one attached hydrogen (secondary N) is 1. The second-order valence-electron chi connectivity index (χ2n) is 4.67. The molecule has 88 valence electrons. The Bertz CT molecular complexity index is 385. The van der Waals surface area contributed by atoms with Crippen molar-refractivity contribution in [1.29, 1.82) is 0 Å². The first-order valence-corrected chi connectivity index (χ1v) is 6.17. The third-order valence-corrected chi connectivity index (χ3v) is 3.76. The minimum Gasteiger partial charge on any atom is -0.336 e. The molecule has 1 N–H and O–H groups in total. The molecular weight excluding hydrogens is 200 g/mol. The summed E-state index contributed by atoms with van der Waals surface area (Å²) >= 11 is 0. The standard InChI is InChI=1S/C12H18N4.H2/c1-2-10-3-5-14-12(15-10)16-6-4-9-7-13-8-11(9)16;/h3,5,9,11,13H,2,4,6-8H2,1H3;1H/t9-,11+;/m1./s1. The molecule has 3 rings (SSSR count). The van der Waals surface area contributed by atoms with E-state index in [1.165, 1.54) is 6.42 Å². The van der Waals surface area contributed by atoms with Crippen LogP contribution in [-0.2, 0) is 6.42 Å². The van der Waals surface area contributed by atoms with E-state index >= 15 is 0 Å². The van der Waals surface area contributed by atoms with Crippen molar-refractivity contribution in [2.45, 2.75) is 25.8 Å². The van der Waals surface area contributed by atoms with E-state index in [4.69, 9.17) is 0 Å². The largest absolute Gasteiger partial charge is 0.336 e. The summed E-state index contributed by atoms with van der Waals surface area (Å²) in [6.45, 7) is 5.50. The third-order valence-electron chi connectivity index (χ3n) is 3.76. The van der Waals surface area contributed by atoms with Crippen LogP contribution in [0.15, 0.2) is 12.3 Å². The second kappa shape index (κ2) is 4.01. The van der Waals surface area contributed by atoms with Gasteiger partial charge in [-0.05, 0) is 24.8 Å². The van der Waals surface area contributed by atoms with Crippen molar-refractivity contribution in [2.24, 2.45) is 5.92 Å². The van der Waals surface area contributed by atoms with E-state index in [0.717, 1.165) is 43.6 Å². The fourth-order valence-electron chi connectivity index (χ4n) is 2.82. The number of rotatable bonds is 2. The SMILES string of the molecule is CCc1ccnc(N2CC[C@@H]3CNC[C@@H]32)n1.[HH]. The van der Waals surface area contributed by atoms with Crippen molar-refractivity contribution >= 4 is 5.95 Å². The molecule has 0 bridgehead atoms. The molecule has 3 heterocycles. The van der Waals surface area contributed by atoms with Gasteiger partial charge >= 0.3 is 0 Å². The van der Waals surface area contributed by atoms with Gasteiger partial charge in [0.05, 0.1) is 0 Å². The van der Waals surface area contributed by atoms with E-state index in [9.17, 15) is 0 Å². The van der Waals surface area contributed by atoms with Crippen molar-refractivity contribution in [3.63, 3.8) is 0 Å². The molecule has 0 aromatic carbocycles. The number of fused-ring (bicyclic) bond motifs is 1. The third kappa shape index (κ3) is 1.57. The predicted molar refractivity (Wildman–Crippen MR) is 65.6 cm³/mol. The maximum absolute atomic E-state index is 4.62. The summed E-state index contributed by atoms with van der Waals surface area (Å²) in [6.07, 6.45) is 4.14. The van der Waals surface area contributed by atoms with Crippen molar-refractivity contribution in [1.82, 2.24) is 15.3 Å². The molecule has 2 fully saturated rings. The zero-order valence-electron chi connectivity index (χ0n) is 9.69. The zero-order chi connectivity index (χ0) is 11.0. The fourth-order valence-corrected chi connectivity index (χ4v) is 2.82. The van der Waals surface area contributed by atoms with Crippen LogP contribution in [-0.4, -0.2) is 35.6 Å².